The van der Waals surface area contributed by atoms with E-state index in [4.69, 9.17) is 11.6 Å². The lowest BCUT2D eigenvalue weighted by atomic mass is 10.1. The second-order valence-corrected chi connectivity index (χ2v) is 4.59. The third-order valence-electron chi connectivity index (χ3n) is 2.90. The molecule has 0 aliphatic heterocycles. The zero-order valence-electron chi connectivity index (χ0n) is 9.50. The lowest BCUT2D eigenvalue weighted by molar-refractivity contribution is 0.237. The van der Waals surface area contributed by atoms with Crippen molar-refractivity contribution < 1.29 is 4.79 Å². The van der Waals surface area contributed by atoms with Crippen molar-refractivity contribution in [3.05, 3.63) is 47.5 Å². The number of rotatable bonds is 4. The number of carbonyl (C=O) groups is 1. The summed E-state index contributed by atoms with van der Waals surface area (Å²) in [5, 5.41) is 6.39. The monoisotopic (exact) mass is 250 g/mol. The Morgan fingerprint density at radius 2 is 2.18 bits per heavy atom. The third kappa shape index (κ3) is 2.61. The Balaban J connectivity index is 2.08. The van der Waals surface area contributed by atoms with Crippen LogP contribution in [-0.4, -0.2) is 12.6 Å². The Morgan fingerprint density at radius 1 is 1.47 bits per heavy atom. The highest BCUT2D eigenvalue weighted by Gasteiger charge is 2.46. The van der Waals surface area contributed by atoms with Gasteiger partial charge in [-0.2, -0.15) is 0 Å². The van der Waals surface area contributed by atoms with Gasteiger partial charge >= 0.3 is 6.03 Å². The Kier molecular flexibility index (Phi) is 3.38. The summed E-state index contributed by atoms with van der Waals surface area (Å²) in [5.41, 5.74) is 0.722. The molecule has 0 aromatic heterocycles. The molecule has 0 atom stereocenters. The molecule has 2 amide bonds. The predicted octanol–water partition coefficient (Wildman–Crippen LogP) is 2.81. The minimum atomic E-state index is -0.274. The van der Waals surface area contributed by atoms with Gasteiger partial charge in [0.2, 0.25) is 0 Å². The van der Waals surface area contributed by atoms with Crippen LogP contribution in [0.3, 0.4) is 0 Å². The maximum Gasteiger partial charge on any atom is 0.315 e. The summed E-state index contributed by atoms with van der Waals surface area (Å²) in [6.07, 6.45) is 3.51. The molecule has 2 rings (SSSR count). The van der Waals surface area contributed by atoms with E-state index in [1.54, 1.807) is 6.08 Å². The van der Waals surface area contributed by atoms with Crippen LogP contribution in [0.15, 0.2) is 36.9 Å². The molecule has 0 radical (unpaired) electrons. The van der Waals surface area contributed by atoms with E-state index in [2.05, 4.69) is 17.2 Å². The van der Waals surface area contributed by atoms with Crippen molar-refractivity contribution in [2.75, 3.05) is 6.54 Å². The van der Waals surface area contributed by atoms with Crippen molar-refractivity contribution in [1.29, 1.82) is 0 Å². The number of halogens is 1. The summed E-state index contributed by atoms with van der Waals surface area (Å²) in [6, 6.07) is 7.45. The van der Waals surface area contributed by atoms with Crippen LogP contribution < -0.4 is 10.6 Å². The molecule has 0 saturated heterocycles. The zero-order chi connectivity index (χ0) is 12.3. The average molecular weight is 251 g/mol. The van der Waals surface area contributed by atoms with Crippen LogP contribution in [0.4, 0.5) is 4.79 Å². The topological polar surface area (TPSA) is 41.1 Å². The van der Waals surface area contributed by atoms with Crippen LogP contribution in [0.5, 0.6) is 0 Å². The maximum atomic E-state index is 11.6. The molecule has 1 aromatic rings. The Bertz CT molecular complexity index is 441. The van der Waals surface area contributed by atoms with Gasteiger partial charge in [-0.15, -0.1) is 6.58 Å². The fraction of sp³-hybridized carbons (Fsp3) is 0.308. The summed E-state index contributed by atoms with van der Waals surface area (Å²) >= 11 is 6.15. The molecule has 4 heteroatoms. The molecule has 1 aromatic carbocycles. The van der Waals surface area contributed by atoms with Gasteiger partial charge in [0.15, 0.2) is 0 Å². The molecule has 17 heavy (non-hydrogen) atoms. The molecular formula is C13H15ClN2O. The number of nitrogens with one attached hydrogen (secondary N) is 2. The van der Waals surface area contributed by atoms with E-state index < -0.39 is 0 Å². The van der Waals surface area contributed by atoms with Gasteiger partial charge in [0.05, 0.1) is 5.54 Å². The highest BCUT2D eigenvalue weighted by atomic mass is 35.5. The zero-order valence-corrected chi connectivity index (χ0v) is 10.3. The maximum absolute atomic E-state index is 11.6. The predicted molar refractivity (Wildman–Crippen MR) is 69.1 cm³/mol. The Labute approximate surface area is 106 Å². The molecular weight excluding hydrogens is 236 g/mol. The molecule has 2 N–H and O–H groups in total. The first-order valence-corrected chi connectivity index (χ1v) is 5.98. The van der Waals surface area contributed by atoms with Gasteiger partial charge < -0.3 is 10.6 Å². The van der Waals surface area contributed by atoms with E-state index in [1.807, 2.05) is 24.3 Å². The van der Waals surface area contributed by atoms with Gasteiger partial charge in [-0.25, -0.2) is 4.79 Å². The molecule has 1 saturated carbocycles. The number of hydrogen-bond donors (Lipinski definition) is 2. The van der Waals surface area contributed by atoms with E-state index in [1.165, 1.54) is 0 Å². The summed E-state index contributed by atoms with van der Waals surface area (Å²) in [6.45, 7) is 4.02. The van der Waals surface area contributed by atoms with E-state index >= 15 is 0 Å². The summed E-state index contributed by atoms with van der Waals surface area (Å²) in [5.74, 6) is 0. The molecule has 1 aliphatic carbocycles. The normalized spacial score (nSPS) is 16.1. The van der Waals surface area contributed by atoms with Crippen LogP contribution in [-0.2, 0) is 5.54 Å². The van der Waals surface area contributed by atoms with Gasteiger partial charge in [0.1, 0.15) is 0 Å². The van der Waals surface area contributed by atoms with Crippen LogP contribution >= 0.6 is 11.6 Å². The molecule has 1 aliphatic rings. The smallest absolute Gasteiger partial charge is 0.315 e. The van der Waals surface area contributed by atoms with Crippen LogP contribution in [0, 0.1) is 0 Å². The number of urea groups is 1. The van der Waals surface area contributed by atoms with Crippen molar-refractivity contribution in [2.24, 2.45) is 0 Å². The second kappa shape index (κ2) is 4.80. The van der Waals surface area contributed by atoms with Crippen molar-refractivity contribution in [3.8, 4) is 0 Å². The summed E-state index contributed by atoms with van der Waals surface area (Å²) in [7, 11) is 0. The number of carbonyl (C=O) groups excluding carboxylic acids is 1. The van der Waals surface area contributed by atoms with E-state index in [0.29, 0.717) is 11.6 Å². The molecule has 0 heterocycles. The van der Waals surface area contributed by atoms with Crippen molar-refractivity contribution in [2.45, 2.75) is 18.4 Å². The number of amides is 2. The minimum Gasteiger partial charge on any atom is -0.335 e. The van der Waals surface area contributed by atoms with Crippen molar-refractivity contribution in [1.82, 2.24) is 10.6 Å². The minimum absolute atomic E-state index is 0.178. The summed E-state index contributed by atoms with van der Waals surface area (Å²) < 4.78 is 0. The van der Waals surface area contributed by atoms with Gasteiger partial charge in [-0.3, -0.25) is 0 Å². The molecule has 0 unspecified atom stereocenters. The first-order valence-electron chi connectivity index (χ1n) is 5.60. The SMILES string of the molecule is C=CCNC(=O)NC1(c2ccccc2Cl)CC1. The van der Waals surface area contributed by atoms with Gasteiger partial charge in [-0.05, 0) is 24.5 Å². The Hall–Kier alpha value is -1.48. The number of benzene rings is 1. The first-order chi connectivity index (χ1) is 8.18. The highest BCUT2D eigenvalue weighted by molar-refractivity contribution is 6.31. The third-order valence-corrected chi connectivity index (χ3v) is 3.23. The highest BCUT2D eigenvalue weighted by Crippen LogP contribution is 2.47. The lowest BCUT2D eigenvalue weighted by Crippen LogP contribution is -2.42. The van der Waals surface area contributed by atoms with Gasteiger partial charge in [0, 0.05) is 11.6 Å². The lowest BCUT2D eigenvalue weighted by Gasteiger charge is -2.19. The average Bonchev–Trinajstić information content (AvgIpc) is 3.07. The van der Waals surface area contributed by atoms with E-state index in [-0.39, 0.29) is 11.6 Å². The van der Waals surface area contributed by atoms with Crippen LogP contribution in [0.2, 0.25) is 5.02 Å². The van der Waals surface area contributed by atoms with E-state index in [0.717, 1.165) is 18.4 Å². The number of hydrogen-bond acceptors (Lipinski definition) is 1. The fourth-order valence-corrected chi connectivity index (χ4v) is 2.18. The van der Waals surface area contributed by atoms with Crippen LogP contribution in [0.1, 0.15) is 18.4 Å². The molecule has 90 valence electrons. The van der Waals surface area contributed by atoms with Gasteiger partial charge in [-0.1, -0.05) is 35.9 Å². The quantitative estimate of drug-likeness (QED) is 0.793. The van der Waals surface area contributed by atoms with Crippen LogP contribution in [0.25, 0.3) is 0 Å². The molecule has 1 fully saturated rings. The standard InChI is InChI=1S/C13H15ClN2O/c1-2-9-15-12(17)16-13(7-8-13)10-5-3-4-6-11(10)14/h2-6H,1,7-9H2,(H2,15,16,17). The first kappa shape index (κ1) is 12.0. The molecule has 0 spiro atoms. The summed E-state index contributed by atoms with van der Waals surface area (Å²) in [4.78, 5) is 11.6. The molecule has 0 bridgehead atoms. The fourth-order valence-electron chi connectivity index (χ4n) is 1.86. The van der Waals surface area contributed by atoms with Crippen molar-refractivity contribution >= 4 is 17.6 Å². The Morgan fingerprint density at radius 3 is 2.76 bits per heavy atom. The van der Waals surface area contributed by atoms with E-state index in [9.17, 15) is 4.79 Å². The largest absolute Gasteiger partial charge is 0.335 e. The second-order valence-electron chi connectivity index (χ2n) is 4.19. The molecule has 3 nitrogen and oxygen atoms in total. The van der Waals surface area contributed by atoms with Crippen molar-refractivity contribution in [3.63, 3.8) is 0 Å². The van der Waals surface area contributed by atoms with Gasteiger partial charge in [0.25, 0.3) is 0 Å².